The van der Waals surface area contributed by atoms with E-state index in [4.69, 9.17) is 16.7 Å². The molecule has 19 heavy (non-hydrogen) atoms. The first-order valence-electron chi connectivity index (χ1n) is 6.23. The number of carbonyl (C=O) groups is 1. The molecule has 0 saturated heterocycles. The van der Waals surface area contributed by atoms with Crippen molar-refractivity contribution in [2.75, 3.05) is 6.54 Å². The second-order valence-electron chi connectivity index (χ2n) is 4.99. The summed E-state index contributed by atoms with van der Waals surface area (Å²) in [5.41, 5.74) is 1.61. The van der Waals surface area contributed by atoms with Gasteiger partial charge in [0.25, 0.3) is 0 Å². The average Bonchev–Trinajstić information content (AvgIpc) is 2.31. The third kappa shape index (κ3) is 4.49. The molecule has 3 N–H and O–H groups in total. The fourth-order valence-corrected chi connectivity index (χ4v) is 1.96. The van der Waals surface area contributed by atoms with Crippen LogP contribution in [0.1, 0.15) is 31.1 Å². The van der Waals surface area contributed by atoms with Crippen molar-refractivity contribution < 1.29 is 15.0 Å². The Kier molecular flexibility index (Phi) is 5.79. The van der Waals surface area contributed by atoms with Crippen LogP contribution in [0, 0.1) is 12.8 Å². The highest BCUT2D eigenvalue weighted by Gasteiger charge is 2.22. The monoisotopic (exact) mass is 285 g/mol. The lowest BCUT2D eigenvalue weighted by Gasteiger charge is -2.20. The molecule has 1 rings (SSSR count). The molecule has 1 aromatic carbocycles. The van der Waals surface area contributed by atoms with Gasteiger partial charge in [-0.3, -0.25) is 4.79 Å². The number of rotatable bonds is 6. The standard InChI is InChI=1S/C14H20ClNO3/c1-8(2)13(14(18)19)16-7-12(17)10-4-5-11(15)9(3)6-10/h4-6,8,12-13,16-17H,7H2,1-3H3,(H,18,19). The van der Waals surface area contributed by atoms with Gasteiger partial charge in [0, 0.05) is 11.6 Å². The Morgan fingerprint density at radius 3 is 2.53 bits per heavy atom. The van der Waals surface area contributed by atoms with Crippen molar-refractivity contribution in [2.24, 2.45) is 5.92 Å². The van der Waals surface area contributed by atoms with E-state index in [1.54, 1.807) is 18.2 Å². The predicted molar refractivity (Wildman–Crippen MR) is 75.4 cm³/mol. The number of halogens is 1. The van der Waals surface area contributed by atoms with Gasteiger partial charge in [0.05, 0.1) is 6.10 Å². The van der Waals surface area contributed by atoms with Crippen LogP contribution in [-0.2, 0) is 4.79 Å². The fourth-order valence-electron chi connectivity index (χ4n) is 1.84. The molecule has 5 heteroatoms. The minimum atomic E-state index is -0.908. The van der Waals surface area contributed by atoms with E-state index in [2.05, 4.69) is 5.32 Å². The Balaban J connectivity index is 2.66. The minimum Gasteiger partial charge on any atom is -0.480 e. The molecule has 0 aliphatic rings. The number of hydrogen-bond donors (Lipinski definition) is 3. The summed E-state index contributed by atoms with van der Waals surface area (Å²) in [5, 5.41) is 22.6. The first kappa shape index (κ1) is 16.0. The molecule has 0 amide bonds. The molecule has 1 aromatic rings. The first-order chi connectivity index (χ1) is 8.82. The number of carboxylic acid groups (broad SMARTS) is 1. The van der Waals surface area contributed by atoms with E-state index in [1.807, 2.05) is 20.8 Å². The summed E-state index contributed by atoms with van der Waals surface area (Å²) in [6, 6.07) is 4.61. The van der Waals surface area contributed by atoms with Crippen LogP contribution < -0.4 is 5.32 Å². The number of aryl methyl sites for hydroxylation is 1. The van der Waals surface area contributed by atoms with Crippen molar-refractivity contribution in [1.29, 1.82) is 0 Å². The molecule has 0 aliphatic carbocycles. The fraction of sp³-hybridized carbons (Fsp3) is 0.500. The van der Waals surface area contributed by atoms with Gasteiger partial charge in [0.2, 0.25) is 0 Å². The van der Waals surface area contributed by atoms with Gasteiger partial charge in [-0.25, -0.2) is 0 Å². The van der Waals surface area contributed by atoms with Crippen LogP contribution in [0.25, 0.3) is 0 Å². The molecule has 0 heterocycles. The van der Waals surface area contributed by atoms with Gasteiger partial charge >= 0.3 is 5.97 Å². The molecule has 106 valence electrons. The molecule has 0 saturated carbocycles. The number of aliphatic hydroxyl groups excluding tert-OH is 1. The van der Waals surface area contributed by atoms with Crippen molar-refractivity contribution >= 4 is 17.6 Å². The van der Waals surface area contributed by atoms with Crippen molar-refractivity contribution in [3.05, 3.63) is 34.3 Å². The number of aliphatic hydroxyl groups is 1. The van der Waals surface area contributed by atoms with Crippen molar-refractivity contribution in [3.63, 3.8) is 0 Å². The third-order valence-electron chi connectivity index (χ3n) is 3.03. The van der Waals surface area contributed by atoms with Crippen LogP contribution >= 0.6 is 11.6 Å². The smallest absolute Gasteiger partial charge is 0.320 e. The highest BCUT2D eigenvalue weighted by molar-refractivity contribution is 6.31. The lowest BCUT2D eigenvalue weighted by molar-refractivity contribution is -0.140. The van der Waals surface area contributed by atoms with E-state index >= 15 is 0 Å². The Hall–Kier alpha value is -1.10. The molecular weight excluding hydrogens is 266 g/mol. The summed E-state index contributed by atoms with van der Waals surface area (Å²) in [6.45, 7) is 5.70. The second kappa shape index (κ2) is 6.89. The maximum Gasteiger partial charge on any atom is 0.320 e. The van der Waals surface area contributed by atoms with Crippen molar-refractivity contribution in [1.82, 2.24) is 5.32 Å². The molecule has 0 aliphatic heterocycles. The SMILES string of the molecule is Cc1cc(C(O)CNC(C(=O)O)C(C)C)ccc1Cl. The number of carboxylic acids is 1. The first-order valence-corrected chi connectivity index (χ1v) is 6.61. The Labute approximate surface area is 118 Å². The molecule has 0 aromatic heterocycles. The maximum absolute atomic E-state index is 11.0. The van der Waals surface area contributed by atoms with Crippen molar-refractivity contribution in [3.8, 4) is 0 Å². The van der Waals surface area contributed by atoms with E-state index in [1.165, 1.54) is 0 Å². The lowest BCUT2D eigenvalue weighted by Crippen LogP contribution is -2.42. The summed E-state index contributed by atoms with van der Waals surface area (Å²) < 4.78 is 0. The van der Waals surface area contributed by atoms with E-state index in [0.717, 1.165) is 11.1 Å². The topological polar surface area (TPSA) is 69.6 Å². The molecule has 0 spiro atoms. The summed E-state index contributed by atoms with van der Waals surface area (Å²) in [6.07, 6.45) is -0.753. The van der Waals surface area contributed by atoms with Crippen molar-refractivity contribution in [2.45, 2.75) is 32.9 Å². The zero-order chi connectivity index (χ0) is 14.6. The highest BCUT2D eigenvalue weighted by Crippen LogP contribution is 2.20. The molecule has 2 unspecified atom stereocenters. The molecule has 0 radical (unpaired) electrons. The van der Waals surface area contributed by atoms with Gasteiger partial charge in [0.15, 0.2) is 0 Å². The maximum atomic E-state index is 11.0. The van der Waals surface area contributed by atoms with Crippen LogP contribution in [0.15, 0.2) is 18.2 Å². The van der Waals surface area contributed by atoms with Gasteiger partial charge in [-0.2, -0.15) is 0 Å². The van der Waals surface area contributed by atoms with E-state index in [9.17, 15) is 9.90 Å². The van der Waals surface area contributed by atoms with E-state index < -0.39 is 18.1 Å². The molecule has 0 bridgehead atoms. The van der Waals surface area contributed by atoms with Gasteiger partial charge in [0.1, 0.15) is 6.04 Å². The number of nitrogens with one attached hydrogen (secondary N) is 1. The Bertz CT molecular complexity index is 448. The Morgan fingerprint density at radius 2 is 2.05 bits per heavy atom. The normalized spacial score (nSPS) is 14.4. The van der Waals surface area contributed by atoms with Gasteiger partial charge in [-0.15, -0.1) is 0 Å². The van der Waals surface area contributed by atoms with Crippen LogP contribution in [0.4, 0.5) is 0 Å². The number of aliphatic carboxylic acids is 1. The van der Waals surface area contributed by atoms with Gasteiger partial charge in [-0.05, 0) is 30.0 Å². The van der Waals surface area contributed by atoms with E-state index in [-0.39, 0.29) is 12.5 Å². The third-order valence-corrected chi connectivity index (χ3v) is 3.45. The number of hydrogen-bond acceptors (Lipinski definition) is 3. The zero-order valence-corrected chi connectivity index (χ0v) is 12.1. The molecule has 2 atom stereocenters. The quantitative estimate of drug-likeness (QED) is 0.750. The molecule has 4 nitrogen and oxygen atoms in total. The second-order valence-corrected chi connectivity index (χ2v) is 5.40. The number of benzene rings is 1. The Morgan fingerprint density at radius 1 is 1.42 bits per heavy atom. The lowest BCUT2D eigenvalue weighted by atomic mass is 10.0. The highest BCUT2D eigenvalue weighted by atomic mass is 35.5. The summed E-state index contributed by atoms with van der Waals surface area (Å²) >= 11 is 5.92. The largest absolute Gasteiger partial charge is 0.480 e. The van der Waals surface area contributed by atoms with Gasteiger partial charge < -0.3 is 15.5 Å². The molecule has 0 fully saturated rings. The molecular formula is C14H20ClNO3. The van der Waals surface area contributed by atoms with Crippen LogP contribution in [0.2, 0.25) is 5.02 Å². The summed E-state index contributed by atoms with van der Waals surface area (Å²) in [7, 11) is 0. The van der Waals surface area contributed by atoms with Crippen LogP contribution in [0.5, 0.6) is 0 Å². The van der Waals surface area contributed by atoms with E-state index in [0.29, 0.717) is 5.02 Å². The average molecular weight is 286 g/mol. The predicted octanol–water partition coefficient (Wildman–Crippen LogP) is 2.38. The van der Waals surface area contributed by atoms with Crippen LogP contribution in [-0.4, -0.2) is 28.8 Å². The summed E-state index contributed by atoms with van der Waals surface area (Å²) in [5.74, 6) is -0.953. The van der Waals surface area contributed by atoms with Gasteiger partial charge in [-0.1, -0.05) is 37.6 Å². The van der Waals surface area contributed by atoms with Crippen LogP contribution in [0.3, 0.4) is 0 Å². The zero-order valence-electron chi connectivity index (χ0n) is 11.4. The minimum absolute atomic E-state index is 0.0448. The summed E-state index contributed by atoms with van der Waals surface area (Å²) in [4.78, 5) is 11.0.